The Morgan fingerprint density at radius 1 is 1.33 bits per heavy atom. The minimum Gasteiger partial charge on any atom is -0.633 e. The average Bonchev–Trinajstić information content (AvgIpc) is 2.15. The molecule has 2 fully saturated rings. The molecule has 3 nitrogen and oxygen atoms in total. The number of hydroxylamine groups is 2. The van der Waals surface area contributed by atoms with Crippen LogP contribution in [0.25, 0.3) is 0 Å². The Hall–Kier alpha value is 0.360. The van der Waals surface area contributed by atoms with Crippen molar-refractivity contribution in [2.75, 3.05) is 13.1 Å². The SMILES string of the molecule is [O-][NH+]1C(Br)C[C@@H]1C1CCNCC1. The maximum atomic E-state index is 11.4. The van der Waals surface area contributed by atoms with Crippen molar-refractivity contribution >= 4 is 15.9 Å². The van der Waals surface area contributed by atoms with E-state index in [1.54, 1.807) is 0 Å². The molecule has 2 rings (SSSR count). The fraction of sp³-hybridized carbons (Fsp3) is 1.00. The number of alkyl halides is 1. The lowest BCUT2D eigenvalue weighted by atomic mass is 9.84. The zero-order valence-electron chi connectivity index (χ0n) is 7.05. The standard InChI is InChI=1S/C8H15BrN2O/c9-8-5-7(11(8)12)6-1-3-10-4-2-6/h6-8,10-11H,1-5H2/t7-,8?/m1/s1. The van der Waals surface area contributed by atoms with Crippen LogP contribution in [0.2, 0.25) is 0 Å². The summed E-state index contributed by atoms with van der Waals surface area (Å²) in [6, 6.07) is 0.386. The molecule has 2 aliphatic rings. The van der Waals surface area contributed by atoms with Crippen LogP contribution in [0.1, 0.15) is 19.3 Å². The molecule has 2 N–H and O–H groups in total. The Morgan fingerprint density at radius 3 is 2.50 bits per heavy atom. The van der Waals surface area contributed by atoms with Gasteiger partial charge in [-0.05, 0) is 41.9 Å². The van der Waals surface area contributed by atoms with E-state index in [1.807, 2.05) is 0 Å². The van der Waals surface area contributed by atoms with E-state index in [9.17, 15) is 5.21 Å². The first kappa shape index (κ1) is 8.94. The predicted octanol–water partition coefficient (Wildman–Crippen LogP) is -0.138. The highest BCUT2D eigenvalue weighted by atomic mass is 79.9. The summed E-state index contributed by atoms with van der Waals surface area (Å²) >= 11 is 3.37. The highest BCUT2D eigenvalue weighted by Crippen LogP contribution is 2.24. The summed E-state index contributed by atoms with van der Waals surface area (Å²) in [5, 5.41) is 15.2. The van der Waals surface area contributed by atoms with Crippen molar-refractivity contribution in [3.8, 4) is 0 Å². The number of rotatable bonds is 1. The Balaban J connectivity index is 1.84. The Kier molecular flexibility index (Phi) is 2.69. The molecule has 12 heavy (non-hydrogen) atoms. The van der Waals surface area contributed by atoms with Gasteiger partial charge in [0.2, 0.25) is 0 Å². The second kappa shape index (κ2) is 3.62. The summed E-state index contributed by atoms with van der Waals surface area (Å²) in [5.74, 6) is 0.674. The quantitative estimate of drug-likeness (QED) is 0.377. The van der Waals surface area contributed by atoms with Gasteiger partial charge in [0.05, 0.1) is 12.5 Å². The molecule has 2 aliphatic heterocycles. The number of hydrogen-bond donors (Lipinski definition) is 2. The van der Waals surface area contributed by atoms with Crippen molar-refractivity contribution in [1.29, 1.82) is 0 Å². The molecular formula is C8H15BrN2O. The largest absolute Gasteiger partial charge is 0.633 e. The zero-order valence-corrected chi connectivity index (χ0v) is 8.64. The molecule has 0 saturated carbocycles. The molecule has 0 bridgehead atoms. The Labute approximate surface area is 81.2 Å². The van der Waals surface area contributed by atoms with Gasteiger partial charge in [0.1, 0.15) is 4.95 Å². The van der Waals surface area contributed by atoms with Gasteiger partial charge in [0.15, 0.2) is 0 Å². The number of hydrogen-bond acceptors (Lipinski definition) is 2. The van der Waals surface area contributed by atoms with E-state index in [1.165, 1.54) is 12.8 Å². The third-order valence-electron chi connectivity index (χ3n) is 3.09. The Morgan fingerprint density at radius 2 is 2.00 bits per heavy atom. The van der Waals surface area contributed by atoms with E-state index in [4.69, 9.17) is 0 Å². The summed E-state index contributed by atoms with van der Waals surface area (Å²) in [7, 11) is 0. The number of quaternary nitrogens is 1. The van der Waals surface area contributed by atoms with Crippen LogP contribution in [-0.4, -0.2) is 24.1 Å². The van der Waals surface area contributed by atoms with Crippen molar-refractivity contribution < 1.29 is 5.06 Å². The minimum absolute atomic E-state index is 0.178. The fourth-order valence-electron chi connectivity index (χ4n) is 2.20. The molecule has 0 spiro atoms. The van der Waals surface area contributed by atoms with E-state index < -0.39 is 0 Å². The second-order valence-electron chi connectivity index (χ2n) is 3.80. The van der Waals surface area contributed by atoms with E-state index >= 15 is 0 Å². The molecule has 2 heterocycles. The van der Waals surface area contributed by atoms with Crippen LogP contribution in [0.15, 0.2) is 0 Å². The topological polar surface area (TPSA) is 39.5 Å². The van der Waals surface area contributed by atoms with Crippen LogP contribution in [0.4, 0.5) is 0 Å². The molecule has 0 aromatic carbocycles. The van der Waals surface area contributed by atoms with E-state index in [2.05, 4.69) is 21.2 Å². The molecule has 0 aliphatic carbocycles. The van der Waals surface area contributed by atoms with Crippen LogP contribution in [-0.2, 0) is 0 Å². The highest BCUT2D eigenvalue weighted by Gasteiger charge is 2.41. The first-order valence-electron chi connectivity index (χ1n) is 4.67. The van der Waals surface area contributed by atoms with Gasteiger partial charge in [0, 0.05) is 5.92 Å². The van der Waals surface area contributed by atoms with E-state index in [0.29, 0.717) is 17.0 Å². The van der Waals surface area contributed by atoms with Crippen LogP contribution >= 0.6 is 15.9 Å². The van der Waals surface area contributed by atoms with Gasteiger partial charge in [-0.1, -0.05) is 0 Å². The van der Waals surface area contributed by atoms with Crippen molar-refractivity contribution in [2.24, 2.45) is 5.92 Å². The van der Waals surface area contributed by atoms with Crippen LogP contribution < -0.4 is 10.4 Å². The lowest BCUT2D eigenvalue weighted by Crippen LogP contribution is -3.21. The number of piperidine rings is 1. The maximum absolute atomic E-state index is 11.4. The zero-order chi connectivity index (χ0) is 8.55. The van der Waals surface area contributed by atoms with Crippen LogP contribution in [0.3, 0.4) is 0 Å². The molecule has 2 unspecified atom stereocenters. The van der Waals surface area contributed by atoms with Crippen LogP contribution in [0.5, 0.6) is 0 Å². The van der Waals surface area contributed by atoms with Crippen molar-refractivity contribution in [3.63, 3.8) is 0 Å². The van der Waals surface area contributed by atoms with Gasteiger partial charge >= 0.3 is 0 Å². The molecule has 2 saturated heterocycles. The normalized spacial score (nSPS) is 44.0. The van der Waals surface area contributed by atoms with Gasteiger partial charge in [-0.2, -0.15) is 0 Å². The van der Waals surface area contributed by atoms with Gasteiger partial charge < -0.3 is 15.6 Å². The maximum Gasteiger partial charge on any atom is 0.148 e. The molecule has 70 valence electrons. The van der Waals surface area contributed by atoms with Crippen molar-refractivity contribution in [2.45, 2.75) is 30.3 Å². The van der Waals surface area contributed by atoms with E-state index in [0.717, 1.165) is 19.5 Å². The smallest absolute Gasteiger partial charge is 0.148 e. The average molecular weight is 235 g/mol. The summed E-state index contributed by atoms with van der Waals surface area (Å²) in [4.78, 5) is 0.178. The van der Waals surface area contributed by atoms with Gasteiger partial charge in [-0.3, -0.25) is 0 Å². The third-order valence-corrected chi connectivity index (χ3v) is 3.91. The minimum atomic E-state index is 0.178. The molecular weight excluding hydrogens is 220 g/mol. The second-order valence-corrected chi connectivity index (χ2v) is 4.90. The number of halogens is 1. The molecule has 0 aromatic heterocycles. The first-order valence-corrected chi connectivity index (χ1v) is 5.59. The van der Waals surface area contributed by atoms with Crippen molar-refractivity contribution in [3.05, 3.63) is 5.21 Å². The molecule has 3 atom stereocenters. The van der Waals surface area contributed by atoms with Gasteiger partial charge in [-0.25, -0.2) is 0 Å². The summed E-state index contributed by atoms with van der Waals surface area (Å²) < 4.78 is 0. The predicted molar refractivity (Wildman–Crippen MR) is 51.0 cm³/mol. The molecule has 0 amide bonds. The molecule has 0 aromatic rings. The van der Waals surface area contributed by atoms with E-state index in [-0.39, 0.29) is 4.95 Å². The third kappa shape index (κ3) is 1.53. The molecule has 0 radical (unpaired) electrons. The number of nitrogens with one attached hydrogen (secondary N) is 2. The first-order chi connectivity index (χ1) is 5.79. The lowest BCUT2D eigenvalue weighted by Gasteiger charge is -2.49. The van der Waals surface area contributed by atoms with Crippen molar-refractivity contribution in [1.82, 2.24) is 5.32 Å². The fourth-order valence-corrected chi connectivity index (χ4v) is 2.94. The Bertz CT molecular complexity index is 158. The molecule has 4 heteroatoms. The monoisotopic (exact) mass is 234 g/mol. The summed E-state index contributed by atoms with van der Waals surface area (Å²) in [5.41, 5.74) is 0. The van der Waals surface area contributed by atoms with Gasteiger partial charge in [0.25, 0.3) is 0 Å². The highest BCUT2D eigenvalue weighted by molar-refractivity contribution is 9.09. The summed E-state index contributed by atoms with van der Waals surface area (Å²) in [6.07, 6.45) is 3.45. The lowest BCUT2D eigenvalue weighted by molar-refractivity contribution is -0.935. The van der Waals surface area contributed by atoms with Crippen LogP contribution in [0, 0.1) is 11.1 Å². The summed E-state index contributed by atoms with van der Waals surface area (Å²) in [6.45, 7) is 2.20. The van der Waals surface area contributed by atoms with Gasteiger partial charge in [-0.15, -0.1) is 0 Å².